The van der Waals surface area contributed by atoms with Crippen LogP contribution >= 0.6 is 23.2 Å². The number of nitrogens with zero attached hydrogens (tertiary/aromatic N) is 2. The van der Waals surface area contributed by atoms with E-state index in [0.717, 1.165) is 11.3 Å². The van der Waals surface area contributed by atoms with Crippen molar-refractivity contribution in [1.29, 1.82) is 0 Å². The summed E-state index contributed by atoms with van der Waals surface area (Å²) < 4.78 is 30.2. The standard InChI is InChI=1S/C19H16Cl2N2O2S/c20-14-8-9-16(17(21)13-14)19-18-7-4-10-22(18)11-12-23(19)26(24,25)15-5-2-1-3-6-15/h1-10,13,19H,11-12H2. The van der Waals surface area contributed by atoms with Crippen LogP contribution in [0.15, 0.2) is 71.8 Å². The molecule has 0 spiro atoms. The van der Waals surface area contributed by atoms with Crippen LogP contribution in [0, 0.1) is 0 Å². The maximum Gasteiger partial charge on any atom is 0.244 e. The molecule has 0 aliphatic carbocycles. The van der Waals surface area contributed by atoms with E-state index in [9.17, 15) is 8.42 Å². The predicted molar refractivity (Wildman–Crippen MR) is 103 cm³/mol. The third-order valence-electron chi connectivity index (χ3n) is 4.60. The molecule has 1 aliphatic rings. The Kier molecular flexibility index (Phi) is 4.57. The Morgan fingerprint density at radius 3 is 2.42 bits per heavy atom. The second-order valence-electron chi connectivity index (χ2n) is 6.12. The Balaban J connectivity index is 1.89. The van der Waals surface area contributed by atoms with Crippen LogP contribution in [0.4, 0.5) is 0 Å². The van der Waals surface area contributed by atoms with E-state index in [2.05, 4.69) is 4.57 Å². The molecule has 2 heterocycles. The normalized spacial score (nSPS) is 17.8. The molecule has 0 bridgehead atoms. The molecular formula is C19H16Cl2N2O2S. The van der Waals surface area contributed by atoms with Gasteiger partial charge in [0.05, 0.1) is 10.9 Å². The van der Waals surface area contributed by atoms with Gasteiger partial charge < -0.3 is 4.57 Å². The fourth-order valence-corrected chi connectivity index (χ4v) is 5.49. The molecule has 7 heteroatoms. The molecule has 134 valence electrons. The molecule has 3 aromatic rings. The first-order chi connectivity index (χ1) is 12.5. The Morgan fingerprint density at radius 2 is 1.69 bits per heavy atom. The van der Waals surface area contributed by atoms with Gasteiger partial charge in [-0.25, -0.2) is 8.42 Å². The van der Waals surface area contributed by atoms with Crippen molar-refractivity contribution < 1.29 is 8.42 Å². The molecule has 26 heavy (non-hydrogen) atoms. The summed E-state index contributed by atoms with van der Waals surface area (Å²) in [6, 6.07) is 17.0. The van der Waals surface area contributed by atoms with Crippen LogP contribution in [0.3, 0.4) is 0 Å². The van der Waals surface area contributed by atoms with Gasteiger partial charge in [-0.1, -0.05) is 47.5 Å². The Hall–Kier alpha value is -1.79. The second-order valence-corrected chi connectivity index (χ2v) is 8.86. The molecule has 0 N–H and O–H groups in total. The Labute approximate surface area is 162 Å². The van der Waals surface area contributed by atoms with Gasteiger partial charge in [-0.3, -0.25) is 0 Å². The average Bonchev–Trinajstić information content (AvgIpc) is 3.11. The zero-order valence-corrected chi connectivity index (χ0v) is 16.0. The number of fused-ring (bicyclic) bond motifs is 1. The van der Waals surface area contributed by atoms with Crippen molar-refractivity contribution in [2.75, 3.05) is 6.54 Å². The Morgan fingerprint density at radius 1 is 0.923 bits per heavy atom. The highest BCUT2D eigenvalue weighted by atomic mass is 35.5. The first-order valence-corrected chi connectivity index (χ1v) is 10.3. The van der Waals surface area contributed by atoms with Crippen LogP contribution in [0.5, 0.6) is 0 Å². The van der Waals surface area contributed by atoms with Gasteiger partial charge in [0.15, 0.2) is 0 Å². The first kappa shape index (κ1) is 17.6. The summed E-state index contributed by atoms with van der Waals surface area (Å²) in [4.78, 5) is 0.273. The van der Waals surface area contributed by atoms with Crippen molar-refractivity contribution in [2.45, 2.75) is 17.5 Å². The molecule has 2 aromatic carbocycles. The summed E-state index contributed by atoms with van der Waals surface area (Å²) in [5, 5.41) is 0.966. The van der Waals surface area contributed by atoms with Crippen molar-refractivity contribution in [3.63, 3.8) is 0 Å². The smallest absolute Gasteiger partial charge is 0.244 e. The minimum atomic E-state index is -3.68. The quantitative estimate of drug-likeness (QED) is 0.638. The average molecular weight is 407 g/mol. The molecule has 1 aliphatic heterocycles. The lowest BCUT2D eigenvalue weighted by Gasteiger charge is -2.36. The number of rotatable bonds is 3. The number of hydrogen-bond donors (Lipinski definition) is 0. The SMILES string of the molecule is O=S(=O)(c1ccccc1)N1CCn2cccc2C1c1ccc(Cl)cc1Cl. The van der Waals surface area contributed by atoms with Gasteiger partial charge in [0.2, 0.25) is 10.0 Å². The zero-order chi connectivity index (χ0) is 18.3. The summed E-state index contributed by atoms with van der Waals surface area (Å²) in [5.41, 5.74) is 1.61. The van der Waals surface area contributed by atoms with E-state index in [4.69, 9.17) is 23.2 Å². The number of aromatic nitrogens is 1. The van der Waals surface area contributed by atoms with Crippen molar-refractivity contribution in [3.05, 3.63) is 88.2 Å². The number of sulfonamides is 1. The van der Waals surface area contributed by atoms with Crippen molar-refractivity contribution in [2.24, 2.45) is 0 Å². The summed E-state index contributed by atoms with van der Waals surface area (Å²) in [5.74, 6) is 0. The molecule has 4 rings (SSSR count). The van der Waals surface area contributed by atoms with Gasteiger partial charge in [-0.15, -0.1) is 0 Å². The van der Waals surface area contributed by atoms with E-state index >= 15 is 0 Å². The third-order valence-corrected chi connectivity index (χ3v) is 7.04. The van der Waals surface area contributed by atoms with Crippen molar-refractivity contribution in [3.8, 4) is 0 Å². The Bertz CT molecular complexity index is 1050. The highest BCUT2D eigenvalue weighted by Crippen LogP contribution is 2.39. The minimum Gasteiger partial charge on any atom is -0.348 e. The maximum atomic E-state index is 13.3. The largest absolute Gasteiger partial charge is 0.348 e. The highest BCUT2D eigenvalue weighted by Gasteiger charge is 2.38. The van der Waals surface area contributed by atoms with Crippen LogP contribution < -0.4 is 0 Å². The van der Waals surface area contributed by atoms with Crippen LogP contribution in [0.25, 0.3) is 0 Å². The molecular weight excluding hydrogens is 391 g/mol. The summed E-state index contributed by atoms with van der Waals surface area (Å²) in [6.07, 6.45) is 1.96. The molecule has 1 atom stereocenters. The van der Waals surface area contributed by atoms with E-state index < -0.39 is 16.1 Å². The number of benzene rings is 2. The number of halogens is 2. The van der Waals surface area contributed by atoms with Crippen molar-refractivity contribution >= 4 is 33.2 Å². The van der Waals surface area contributed by atoms with Crippen LogP contribution in [-0.4, -0.2) is 23.8 Å². The molecule has 0 saturated heterocycles. The summed E-state index contributed by atoms with van der Waals surface area (Å²) >= 11 is 12.5. The monoisotopic (exact) mass is 406 g/mol. The highest BCUT2D eigenvalue weighted by molar-refractivity contribution is 7.89. The molecule has 0 amide bonds. The van der Waals surface area contributed by atoms with E-state index in [1.807, 2.05) is 18.3 Å². The van der Waals surface area contributed by atoms with Gasteiger partial charge in [0.25, 0.3) is 0 Å². The maximum absolute atomic E-state index is 13.3. The second kappa shape index (κ2) is 6.74. The van der Waals surface area contributed by atoms with Gasteiger partial charge in [0.1, 0.15) is 0 Å². The van der Waals surface area contributed by atoms with Crippen LogP contribution in [0.2, 0.25) is 10.0 Å². The zero-order valence-electron chi connectivity index (χ0n) is 13.7. The third kappa shape index (κ3) is 2.95. The minimum absolute atomic E-state index is 0.273. The van der Waals surface area contributed by atoms with Gasteiger partial charge in [0, 0.05) is 35.0 Å². The lowest BCUT2D eigenvalue weighted by molar-refractivity contribution is 0.298. The molecule has 4 nitrogen and oxygen atoms in total. The van der Waals surface area contributed by atoms with Gasteiger partial charge >= 0.3 is 0 Å². The molecule has 0 saturated carbocycles. The van der Waals surface area contributed by atoms with Crippen LogP contribution in [0.1, 0.15) is 17.3 Å². The molecule has 0 fully saturated rings. The van der Waals surface area contributed by atoms with E-state index in [1.165, 1.54) is 4.31 Å². The fourth-order valence-electron chi connectivity index (χ4n) is 3.39. The van der Waals surface area contributed by atoms with E-state index in [1.54, 1.807) is 48.5 Å². The summed E-state index contributed by atoms with van der Waals surface area (Å²) in [6.45, 7) is 0.957. The van der Waals surface area contributed by atoms with Crippen molar-refractivity contribution in [1.82, 2.24) is 8.87 Å². The van der Waals surface area contributed by atoms with E-state index in [-0.39, 0.29) is 4.90 Å². The lowest BCUT2D eigenvalue weighted by atomic mass is 10.0. The molecule has 1 aromatic heterocycles. The van der Waals surface area contributed by atoms with E-state index in [0.29, 0.717) is 23.1 Å². The van der Waals surface area contributed by atoms with Gasteiger partial charge in [-0.05, 0) is 42.0 Å². The predicted octanol–water partition coefficient (Wildman–Crippen LogP) is 4.59. The number of hydrogen-bond acceptors (Lipinski definition) is 2. The first-order valence-electron chi connectivity index (χ1n) is 8.15. The fraction of sp³-hybridized carbons (Fsp3) is 0.158. The van der Waals surface area contributed by atoms with Gasteiger partial charge in [-0.2, -0.15) is 4.31 Å². The topological polar surface area (TPSA) is 42.3 Å². The van der Waals surface area contributed by atoms with Crippen LogP contribution in [-0.2, 0) is 16.6 Å². The summed E-state index contributed by atoms with van der Waals surface area (Å²) in [7, 11) is -3.68. The molecule has 0 radical (unpaired) electrons. The molecule has 1 unspecified atom stereocenters. The lowest BCUT2D eigenvalue weighted by Crippen LogP contribution is -2.42.